The van der Waals surface area contributed by atoms with E-state index in [0.717, 1.165) is 0 Å². The van der Waals surface area contributed by atoms with Gasteiger partial charge in [0.1, 0.15) is 8.07 Å². The van der Waals surface area contributed by atoms with E-state index in [4.69, 9.17) is 4.74 Å². The first-order chi connectivity index (χ1) is 6.67. The van der Waals surface area contributed by atoms with Crippen LogP contribution in [0.5, 0.6) is 0 Å². The van der Waals surface area contributed by atoms with Crippen molar-refractivity contribution in [1.29, 1.82) is 0 Å². The molecule has 0 bridgehead atoms. The van der Waals surface area contributed by atoms with Crippen molar-refractivity contribution in [1.82, 2.24) is 4.98 Å². The fourth-order valence-corrected chi connectivity index (χ4v) is 3.06. The Morgan fingerprint density at radius 3 is 2.79 bits per heavy atom. The van der Waals surface area contributed by atoms with E-state index in [2.05, 4.69) is 35.9 Å². The van der Waals surface area contributed by atoms with E-state index >= 15 is 0 Å². The first-order valence-electron chi connectivity index (χ1n) is 4.75. The Morgan fingerprint density at radius 2 is 2.21 bits per heavy atom. The number of hydrogen-bond donors (Lipinski definition) is 0. The van der Waals surface area contributed by atoms with Crippen LogP contribution in [0.2, 0.25) is 13.1 Å². The maximum absolute atomic E-state index is 4.99. The van der Waals surface area contributed by atoms with Crippen LogP contribution in [-0.2, 0) is 4.74 Å². The van der Waals surface area contributed by atoms with Crippen molar-refractivity contribution in [3.05, 3.63) is 36.2 Å². The number of aromatic nitrogens is 1. The minimum Gasteiger partial charge on any atom is -0.381 e. The molecule has 0 amide bonds. The zero-order valence-corrected chi connectivity index (χ0v) is 10.0. The van der Waals surface area contributed by atoms with E-state index in [-0.39, 0.29) is 0 Å². The summed E-state index contributed by atoms with van der Waals surface area (Å²) in [4.78, 5) is 4.40. The highest BCUT2D eigenvalue weighted by Crippen LogP contribution is 2.02. The molecule has 0 aliphatic carbocycles. The van der Waals surface area contributed by atoms with Gasteiger partial charge in [-0.1, -0.05) is 30.9 Å². The molecule has 14 heavy (non-hydrogen) atoms. The smallest absolute Gasteiger partial charge is 0.127 e. The lowest BCUT2D eigenvalue weighted by atomic mass is 10.5. The van der Waals surface area contributed by atoms with Gasteiger partial charge in [-0.3, -0.25) is 4.98 Å². The lowest BCUT2D eigenvalue weighted by Crippen LogP contribution is -2.41. The highest BCUT2D eigenvalue weighted by Gasteiger charge is 2.20. The van der Waals surface area contributed by atoms with Crippen LogP contribution < -0.4 is 5.32 Å². The fraction of sp³-hybridized carbons (Fsp3) is 0.364. The van der Waals surface area contributed by atoms with Crippen molar-refractivity contribution < 1.29 is 4.74 Å². The molecule has 0 radical (unpaired) electrons. The van der Waals surface area contributed by atoms with Gasteiger partial charge in [0.2, 0.25) is 0 Å². The maximum Gasteiger partial charge on any atom is 0.127 e. The normalized spacial score (nSPS) is 12.2. The number of ether oxygens (including phenoxy) is 1. The number of hydrogen-bond acceptors (Lipinski definition) is 2. The predicted octanol–water partition coefficient (Wildman–Crippen LogP) is 1.74. The average Bonchev–Trinajstić information content (AvgIpc) is 2.19. The van der Waals surface area contributed by atoms with Gasteiger partial charge in [0, 0.05) is 18.6 Å². The van der Waals surface area contributed by atoms with Gasteiger partial charge < -0.3 is 4.74 Å². The van der Waals surface area contributed by atoms with E-state index in [9.17, 15) is 0 Å². The van der Waals surface area contributed by atoms with Crippen molar-refractivity contribution in [3.8, 4) is 0 Å². The number of nitrogens with zero attached hydrogens (tertiary/aromatic N) is 1. The summed E-state index contributed by atoms with van der Waals surface area (Å²) in [6.07, 6.45) is 3.94. The maximum atomic E-state index is 4.99. The number of pyridine rings is 1. The summed E-state index contributed by atoms with van der Waals surface area (Å²) in [5, 5.41) is 1.22. The fourth-order valence-electron chi connectivity index (χ4n) is 1.27. The van der Waals surface area contributed by atoms with Crippen LogP contribution in [0.3, 0.4) is 0 Å². The molecule has 0 N–H and O–H groups in total. The zero-order chi connectivity index (χ0) is 10.4. The van der Waals surface area contributed by atoms with Crippen molar-refractivity contribution in [2.75, 3.05) is 13.7 Å². The molecular weight excluding hydrogens is 190 g/mol. The van der Waals surface area contributed by atoms with E-state index < -0.39 is 8.07 Å². The second kappa shape index (κ2) is 5.07. The van der Waals surface area contributed by atoms with Gasteiger partial charge in [0.15, 0.2) is 0 Å². The molecule has 0 aliphatic heterocycles. The highest BCUT2D eigenvalue weighted by molar-refractivity contribution is 6.93. The van der Waals surface area contributed by atoms with Gasteiger partial charge in [-0.2, -0.15) is 0 Å². The highest BCUT2D eigenvalue weighted by atomic mass is 28.3. The van der Waals surface area contributed by atoms with Crippen LogP contribution in [0.25, 0.3) is 0 Å². The Kier molecular flexibility index (Phi) is 4.04. The summed E-state index contributed by atoms with van der Waals surface area (Å²) in [5.74, 6) is 0. The molecule has 2 nitrogen and oxygen atoms in total. The first-order valence-corrected chi connectivity index (χ1v) is 7.83. The van der Waals surface area contributed by atoms with Crippen LogP contribution in [-0.4, -0.2) is 26.8 Å². The minimum atomic E-state index is -1.49. The third kappa shape index (κ3) is 3.09. The summed E-state index contributed by atoms with van der Waals surface area (Å²) in [5.41, 5.74) is 2.26. The van der Waals surface area contributed by atoms with Crippen molar-refractivity contribution in [2.45, 2.75) is 13.1 Å². The Morgan fingerprint density at radius 1 is 1.43 bits per heavy atom. The third-order valence-electron chi connectivity index (χ3n) is 2.12. The van der Waals surface area contributed by atoms with Crippen LogP contribution in [0.4, 0.5) is 0 Å². The Bertz CT molecular complexity index is 295. The topological polar surface area (TPSA) is 22.1 Å². The lowest BCUT2D eigenvalue weighted by molar-refractivity contribution is 0.234. The zero-order valence-electron chi connectivity index (χ0n) is 9.03. The molecule has 0 spiro atoms. The number of methoxy groups -OCH3 is 1. The molecule has 3 heteroatoms. The van der Waals surface area contributed by atoms with E-state index in [1.165, 1.54) is 5.32 Å². The third-order valence-corrected chi connectivity index (χ3v) is 4.81. The molecule has 0 saturated heterocycles. The van der Waals surface area contributed by atoms with Crippen LogP contribution in [0.15, 0.2) is 36.2 Å². The molecule has 76 valence electrons. The summed E-state index contributed by atoms with van der Waals surface area (Å²) in [7, 11) is 0.220. The molecule has 1 heterocycles. The molecule has 0 unspecified atom stereocenters. The van der Waals surface area contributed by atoms with Gasteiger partial charge in [-0.25, -0.2) is 0 Å². The summed E-state index contributed by atoms with van der Waals surface area (Å²) >= 11 is 0. The molecule has 0 fully saturated rings. The van der Waals surface area contributed by atoms with Gasteiger partial charge >= 0.3 is 0 Å². The van der Waals surface area contributed by atoms with Crippen molar-refractivity contribution >= 4 is 13.4 Å². The molecule has 0 atom stereocenters. The molecule has 1 aromatic heterocycles. The molecule has 0 aliphatic rings. The van der Waals surface area contributed by atoms with Gasteiger partial charge in [0.25, 0.3) is 0 Å². The second-order valence-electron chi connectivity index (χ2n) is 3.79. The monoisotopic (exact) mass is 207 g/mol. The largest absolute Gasteiger partial charge is 0.381 e. The summed E-state index contributed by atoms with van der Waals surface area (Å²) in [6.45, 7) is 5.24. The molecule has 1 rings (SSSR count). The molecule has 0 saturated carbocycles. The number of rotatable bonds is 4. The van der Waals surface area contributed by atoms with Crippen LogP contribution in [0, 0.1) is 0 Å². The molecular formula is C11H17NOSi. The minimum absolute atomic E-state index is 0.684. The van der Waals surface area contributed by atoms with Gasteiger partial charge in [-0.15, -0.1) is 0 Å². The van der Waals surface area contributed by atoms with Gasteiger partial charge in [-0.05, 0) is 12.1 Å². The standard InChI is InChI=1S/C11H17NOSi/c1-13-9-6-10-14(2,3)11-7-4-5-8-12-11/h4-8,10H,9H2,1-3H3/b10-6+. The van der Waals surface area contributed by atoms with Crippen LogP contribution in [0.1, 0.15) is 0 Å². The van der Waals surface area contributed by atoms with Crippen molar-refractivity contribution in [2.24, 2.45) is 0 Å². The first kappa shape index (κ1) is 11.1. The Balaban J connectivity index is 2.75. The summed E-state index contributed by atoms with van der Waals surface area (Å²) < 4.78 is 4.99. The quantitative estimate of drug-likeness (QED) is 0.702. The van der Waals surface area contributed by atoms with Gasteiger partial charge in [0.05, 0.1) is 6.61 Å². The van der Waals surface area contributed by atoms with E-state index in [0.29, 0.717) is 6.61 Å². The average molecular weight is 207 g/mol. The van der Waals surface area contributed by atoms with E-state index in [1.54, 1.807) is 7.11 Å². The predicted molar refractivity (Wildman–Crippen MR) is 62.4 cm³/mol. The molecule has 1 aromatic rings. The molecule has 0 aromatic carbocycles. The van der Waals surface area contributed by atoms with Crippen molar-refractivity contribution in [3.63, 3.8) is 0 Å². The Hall–Kier alpha value is -0.933. The second-order valence-corrected chi connectivity index (χ2v) is 8.08. The summed E-state index contributed by atoms with van der Waals surface area (Å²) in [6, 6.07) is 6.09. The van der Waals surface area contributed by atoms with E-state index in [1.807, 2.05) is 18.3 Å². The lowest BCUT2D eigenvalue weighted by Gasteiger charge is -2.16. The van der Waals surface area contributed by atoms with Crippen LogP contribution >= 0.6 is 0 Å². The Labute approximate surface area is 86.6 Å². The SMILES string of the molecule is COC/C=C/[Si](C)(C)c1ccccn1.